The molecule has 3 heterocycles. The Morgan fingerprint density at radius 3 is 2.32 bits per heavy atom. The lowest BCUT2D eigenvalue weighted by Crippen LogP contribution is -2.30. The Balaban J connectivity index is 1.58. The van der Waals surface area contributed by atoms with Gasteiger partial charge in [-0.2, -0.15) is 5.10 Å². The molecule has 38 heavy (non-hydrogen) atoms. The Bertz CT molecular complexity index is 1680. The Morgan fingerprint density at radius 2 is 1.61 bits per heavy atom. The van der Waals surface area contributed by atoms with Crippen LogP contribution < -0.4 is 19.7 Å². The third-order valence-electron chi connectivity index (χ3n) is 6.86. The van der Waals surface area contributed by atoms with Crippen molar-refractivity contribution in [1.29, 1.82) is 5.41 Å². The first-order valence-electron chi connectivity index (χ1n) is 12.3. The zero-order valence-electron chi connectivity index (χ0n) is 21.4. The van der Waals surface area contributed by atoms with Crippen LogP contribution in [0, 0.1) is 12.3 Å². The van der Waals surface area contributed by atoms with E-state index in [4.69, 9.17) is 24.3 Å². The topological polar surface area (TPSA) is 87.2 Å². The number of ether oxygens (including phenoxy) is 3. The molecule has 190 valence electrons. The van der Waals surface area contributed by atoms with Crippen molar-refractivity contribution in [3.63, 3.8) is 0 Å². The van der Waals surface area contributed by atoms with E-state index in [9.17, 15) is 5.41 Å². The summed E-state index contributed by atoms with van der Waals surface area (Å²) in [5.74, 6) is 1.88. The summed E-state index contributed by atoms with van der Waals surface area (Å²) in [6, 6.07) is 25.8. The van der Waals surface area contributed by atoms with E-state index >= 15 is 0 Å². The number of rotatable bonds is 6. The van der Waals surface area contributed by atoms with E-state index in [2.05, 4.69) is 0 Å². The second-order valence-corrected chi connectivity index (χ2v) is 9.13. The molecule has 3 aromatic carbocycles. The van der Waals surface area contributed by atoms with E-state index in [1.807, 2.05) is 90.4 Å². The zero-order chi connectivity index (χ0) is 26.2. The lowest BCUT2D eigenvalue weighted by molar-refractivity contribution is 0.354. The summed E-state index contributed by atoms with van der Waals surface area (Å²) >= 11 is 0. The summed E-state index contributed by atoms with van der Waals surface area (Å²) in [7, 11) is 3.24. The number of nitrogens with zero attached hydrogens (tertiary/aromatic N) is 4. The largest absolute Gasteiger partial charge is 0.493 e. The van der Waals surface area contributed by atoms with Crippen LogP contribution in [0.3, 0.4) is 0 Å². The van der Waals surface area contributed by atoms with Crippen LogP contribution in [-0.4, -0.2) is 33.6 Å². The summed E-state index contributed by atoms with van der Waals surface area (Å²) in [5, 5.41) is 14.1. The number of aromatic nitrogens is 4. The standard InChI is InChI=1S/C30H27N5O3/c1-19-25-26(21-14-15-23(36-2)24(16-21)37-3)27-28(31)34(17-20-10-6-4-7-11-20)18-32-29(27)38-30(25)35(33-19)22-12-8-5-9-13-22/h4-16,18,26,31H,17H2,1-3H3/t26-/m0/s1. The van der Waals surface area contributed by atoms with Gasteiger partial charge < -0.3 is 18.8 Å². The molecule has 1 N–H and O–H groups in total. The van der Waals surface area contributed by atoms with E-state index in [-0.39, 0.29) is 5.92 Å². The van der Waals surface area contributed by atoms with Gasteiger partial charge in [0.25, 0.3) is 0 Å². The highest BCUT2D eigenvalue weighted by Crippen LogP contribution is 2.48. The summed E-state index contributed by atoms with van der Waals surface area (Å²) in [5.41, 5.74) is 5.61. The first-order valence-corrected chi connectivity index (χ1v) is 12.3. The zero-order valence-corrected chi connectivity index (χ0v) is 21.4. The van der Waals surface area contributed by atoms with Gasteiger partial charge in [0, 0.05) is 0 Å². The van der Waals surface area contributed by atoms with Crippen molar-refractivity contribution in [3.8, 4) is 28.9 Å². The van der Waals surface area contributed by atoms with Gasteiger partial charge in [0.15, 0.2) is 11.5 Å². The summed E-state index contributed by atoms with van der Waals surface area (Å²) in [6.45, 7) is 2.49. The minimum absolute atomic E-state index is 0.330. The highest BCUT2D eigenvalue weighted by atomic mass is 16.5. The normalized spacial score (nSPS) is 13.8. The van der Waals surface area contributed by atoms with Crippen molar-refractivity contribution in [2.45, 2.75) is 19.4 Å². The average Bonchev–Trinajstić information content (AvgIpc) is 3.30. The van der Waals surface area contributed by atoms with Gasteiger partial charge in [-0.3, -0.25) is 5.41 Å². The monoisotopic (exact) mass is 505 g/mol. The number of hydrogen-bond acceptors (Lipinski definition) is 6. The molecule has 0 spiro atoms. The molecule has 0 saturated carbocycles. The molecule has 0 bridgehead atoms. The first kappa shape index (κ1) is 23.5. The summed E-state index contributed by atoms with van der Waals surface area (Å²) in [4.78, 5) is 4.69. The van der Waals surface area contributed by atoms with Gasteiger partial charge in [0.2, 0.25) is 11.8 Å². The fourth-order valence-corrected chi connectivity index (χ4v) is 5.04. The Kier molecular flexibility index (Phi) is 5.92. The molecule has 1 aliphatic rings. The van der Waals surface area contributed by atoms with E-state index in [0.29, 0.717) is 40.9 Å². The second kappa shape index (κ2) is 9.55. The van der Waals surface area contributed by atoms with Crippen LogP contribution in [0.25, 0.3) is 5.69 Å². The molecule has 8 nitrogen and oxygen atoms in total. The second-order valence-electron chi connectivity index (χ2n) is 9.13. The molecule has 8 heteroatoms. The number of nitrogens with one attached hydrogen (secondary N) is 1. The molecule has 1 aliphatic heterocycles. The Hall–Kier alpha value is -4.85. The number of hydrogen-bond donors (Lipinski definition) is 1. The molecule has 0 unspecified atom stereocenters. The molecule has 0 aliphatic carbocycles. The van der Waals surface area contributed by atoms with Gasteiger partial charge in [-0.15, -0.1) is 0 Å². The summed E-state index contributed by atoms with van der Waals surface area (Å²) < 4.78 is 21.2. The SMILES string of the molecule is COc1ccc([C@H]2c3c(C)nn(-c4ccccc4)c3Oc3ncn(Cc4ccccc4)c(=N)c32)cc1OC. The minimum Gasteiger partial charge on any atom is -0.493 e. The van der Waals surface area contributed by atoms with Gasteiger partial charge >= 0.3 is 0 Å². The van der Waals surface area contributed by atoms with E-state index in [0.717, 1.165) is 28.1 Å². The van der Waals surface area contributed by atoms with Crippen molar-refractivity contribution >= 4 is 0 Å². The summed E-state index contributed by atoms with van der Waals surface area (Å²) in [6.07, 6.45) is 1.67. The molecular formula is C30H27N5O3. The van der Waals surface area contributed by atoms with Crippen LogP contribution in [0.1, 0.15) is 33.9 Å². The molecule has 0 amide bonds. The highest BCUT2D eigenvalue weighted by molar-refractivity contribution is 5.59. The number of benzene rings is 3. The van der Waals surface area contributed by atoms with Gasteiger partial charge in [-0.25, -0.2) is 9.67 Å². The van der Waals surface area contributed by atoms with Crippen LogP contribution in [0.5, 0.6) is 23.3 Å². The van der Waals surface area contributed by atoms with Gasteiger partial charge in [-0.05, 0) is 42.3 Å². The van der Waals surface area contributed by atoms with Gasteiger partial charge in [0.1, 0.15) is 11.8 Å². The van der Waals surface area contributed by atoms with E-state index in [1.165, 1.54) is 0 Å². The molecule has 0 radical (unpaired) electrons. The van der Waals surface area contributed by atoms with Crippen molar-refractivity contribution in [2.24, 2.45) is 0 Å². The molecule has 5 aromatic rings. The third kappa shape index (κ3) is 3.91. The lowest BCUT2D eigenvalue weighted by Gasteiger charge is -2.27. The molecule has 1 atom stereocenters. The maximum absolute atomic E-state index is 9.27. The molecule has 6 rings (SSSR count). The maximum Gasteiger partial charge on any atom is 0.230 e. The highest BCUT2D eigenvalue weighted by Gasteiger charge is 2.37. The molecular weight excluding hydrogens is 478 g/mol. The van der Waals surface area contributed by atoms with Crippen molar-refractivity contribution in [3.05, 3.63) is 119 Å². The molecule has 0 fully saturated rings. The fraction of sp³-hybridized carbons (Fsp3) is 0.167. The number of fused-ring (bicyclic) bond motifs is 2. The van der Waals surface area contributed by atoms with Crippen molar-refractivity contribution < 1.29 is 14.2 Å². The van der Waals surface area contributed by atoms with Crippen LogP contribution in [0.15, 0.2) is 85.2 Å². The van der Waals surface area contributed by atoms with E-state index < -0.39 is 0 Å². The maximum atomic E-state index is 9.27. The average molecular weight is 506 g/mol. The minimum atomic E-state index is -0.353. The van der Waals surface area contributed by atoms with Crippen molar-refractivity contribution in [1.82, 2.24) is 19.3 Å². The van der Waals surface area contributed by atoms with E-state index in [1.54, 1.807) is 25.2 Å². The molecule has 2 aromatic heterocycles. The smallest absolute Gasteiger partial charge is 0.230 e. The van der Waals surface area contributed by atoms with Crippen molar-refractivity contribution in [2.75, 3.05) is 14.2 Å². The fourth-order valence-electron chi connectivity index (χ4n) is 5.04. The van der Waals surface area contributed by atoms with Crippen LogP contribution in [0.4, 0.5) is 0 Å². The van der Waals surface area contributed by atoms with Crippen LogP contribution >= 0.6 is 0 Å². The number of aryl methyl sites for hydroxylation is 1. The Labute approximate surface area is 220 Å². The predicted molar refractivity (Wildman–Crippen MR) is 142 cm³/mol. The first-order chi connectivity index (χ1) is 18.6. The number of methoxy groups -OCH3 is 2. The quantitative estimate of drug-likeness (QED) is 0.336. The Morgan fingerprint density at radius 1 is 0.895 bits per heavy atom. The predicted octanol–water partition coefficient (Wildman–Crippen LogP) is 5.21. The third-order valence-corrected chi connectivity index (χ3v) is 6.86. The number of para-hydroxylation sites is 1. The van der Waals surface area contributed by atoms with Gasteiger partial charge in [-0.1, -0.05) is 54.6 Å². The van der Waals surface area contributed by atoms with Crippen LogP contribution in [-0.2, 0) is 6.54 Å². The molecule has 0 saturated heterocycles. The lowest BCUT2D eigenvalue weighted by atomic mass is 9.84. The van der Waals surface area contributed by atoms with Crippen LogP contribution in [0.2, 0.25) is 0 Å². The van der Waals surface area contributed by atoms with Gasteiger partial charge in [0.05, 0.1) is 49.2 Å².